The fraction of sp³-hybridized carbons (Fsp3) is 0.471. The topological polar surface area (TPSA) is 76.0 Å². The number of benzene rings is 1. The first kappa shape index (κ1) is 18.0. The number of carboxylic acid groups (broad SMARTS) is 1. The van der Waals surface area contributed by atoms with Crippen LogP contribution in [-0.4, -0.2) is 35.7 Å². The third-order valence-electron chi connectivity index (χ3n) is 3.88. The van der Waals surface area contributed by atoms with Crippen LogP contribution < -0.4 is 0 Å². The molecule has 1 aromatic rings. The van der Waals surface area contributed by atoms with Crippen molar-refractivity contribution >= 4 is 21.9 Å². The lowest BCUT2D eigenvalue weighted by Crippen LogP contribution is -2.36. The molecule has 1 heterocycles. The number of aliphatic hydroxyl groups is 1. The number of hydrogen-bond donors (Lipinski definition) is 2. The maximum atomic E-state index is 11.4. The predicted octanol–water partition coefficient (Wildman–Crippen LogP) is 3.28. The first-order chi connectivity index (χ1) is 11.1. The highest BCUT2D eigenvalue weighted by Gasteiger charge is 2.37. The van der Waals surface area contributed by atoms with Gasteiger partial charge in [0.15, 0.2) is 0 Å². The minimum atomic E-state index is -1.10. The second-order valence-corrected chi connectivity index (χ2v) is 6.30. The van der Waals surface area contributed by atoms with Crippen LogP contribution >= 0.6 is 15.9 Å². The average molecular weight is 385 g/mol. The number of ether oxygens (including phenoxy) is 2. The minimum Gasteiger partial charge on any atom is -0.475 e. The molecule has 0 unspecified atom stereocenters. The van der Waals surface area contributed by atoms with Crippen molar-refractivity contribution in [2.24, 2.45) is 5.92 Å². The van der Waals surface area contributed by atoms with Gasteiger partial charge >= 0.3 is 5.97 Å². The van der Waals surface area contributed by atoms with Crippen molar-refractivity contribution in [3.05, 3.63) is 46.1 Å². The first-order valence-corrected chi connectivity index (χ1v) is 8.45. The molecule has 0 spiro atoms. The molecule has 0 radical (unpaired) electrons. The van der Waals surface area contributed by atoms with Crippen molar-refractivity contribution in [3.8, 4) is 0 Å². The molecule has 0 aliphatic carbocycles. The van der Waals surface area contributed by atoms with E-state index in [0.717, 1.165) is 10.0 Å². The fourth-order valence-electron chi connectivity index (χ4n) is 2.82. The summed E-state index contributed by atoms with van der Waals surface area (Å²) in [5, 5.41) is 18.4. The number of carbonyl (C=O) groups is 1. The standard InChI is InChI=1S/C17H21BrO5/c1-2-22-17-13(4-3-9-19)14(10-15(23-17)16(20)21)11-5-7-12(18)8-6-11/h5-8,10,13-14,17,19H,2-4,9H2,1H3,(H,20,21)/t13-,14+,17+/m0/s1. The Balaban J connectivity index is 2.38. The van der Waals surface area contributed by atoms with Gasteiger partial charge in [-0.15, -0.1) is 0 Å². The van der Waals surface area contributed by atoms with Crippen molar-refractivity contribution in [2.75, 3.05) is 13.2 Å². The van der Waals surface area contributed by atoms with Crippen molar-refractivity contribution < 1.29 is 24.5 Å². The zero-order chi connectivity index (χ0) is 16.8. The lowest BCUT2D eigenvalue weighted by atomic mass is 9.80. The van der Waals surface area contributed by atoms with Gasteiger partial charge in [-0.3, -0.25) is 0 Å². The number of aliphatic hydroxyl groups excluding tert-OH is 1. The number of aliphatic carboxylic acids is 1. The summed E-state index contributed by atoms with van der Waals surface area (Å²) in [4.78, 5) is 11.4. The fourth-order valence-corrected chi connectivity index (χ4v) is 3.09. The van der Waals surface area contributed by atoms with Gasteiger partial charge in [0.1, 0.15) is 0 Å². The zero-order valence-corrected chi connectivity index (χ0v) is 14.5. The molecule has 0 bridgehead atoms. The van der Waals surface area contributed by atoms with E-state index in [1.807, 2.05) is 31.2 Å². The number of halogens is 1. The predicted molar refractivity (Wildman–Crippen MR) is 88.9 cm³/mol. The minimum absolute atomic E-state index is 0.0497. The Morgan fingerprint density at radius 2 is 2.04 bits per heavy atom. The van der Waals surface area contributed by atoms with Gasteiger partial charge in [0.2, 0.25) is 12.0 Å². The van der Waals surface area contributed by atoms with Crippen LogP contribution in [0.5, 0.6) is 0 Å². The van der Waals surface area contributed by atoms with Crippen molar-refractivity contribution in [1.29, 1.82) is 0 Å². The summed E-state index contributed by atoms with van der Waals surface area (Å²) in [6, 6.07) is 7.78. The molecule has 6 heteroatoms. The van der Waals surface area contributed by atoms with E-state index in [2.05, 4.69) is 15.9 Å². The molecule has 0 amide bonds. The zero-order valence-electron chi connectivity index (χ0n) is 12.9. The second-order valence-electron chi connectivity index (χ2n) is 5.38. The third-order valence-corrected chi connectivity index (χ3v) is 4.41. The molecule has 3 atom stereocenters. The molecule has 5 nitrogen and oxygen atoms in total. The summed E-state index contributed by atoms with van der Waals surface area (Å²) in [5.41, 5.74) is 1.00. The Morgan fingerprint density at radius 1 is 1.35 bits per heavy atom. The smallest absolute Gasteiger partial charge is 0.370 e. The summed E-state index contributed by atoms with van der Waals surface area (Å²) in [6.45, 7) is 2.36. The summed E-state index contributed by atoms with van der Waals surface area (Å²) in [7, 11) is 0. The van der Waals surface area contributed by atoms with Crippen LogP contribution in [0, 0.1) is 5.92 Å². The van der Waals surface area contributed by atoms with Crippen LogP contribution in [0.2, 0.25) is 0 Å². The van der Waals surface area contributed by atoms with E-state index in [4.69, 9.17) is 14.6 Å². The molecule has 0 saturated heterocycles. The summed E-state index contributed by atoms with van der Waals surface area (Å²) in [5.74, 6) is -1.37. The van der Waals surface area contributed by atoms with Crippen LogP contribution in [-0.2, 0) is 14.3 Å². The number of carboxylic acids is 1. The van der Waals surface area contributed by atoms with E-state index in [1.54, 1.807) is 6.08 Å². The van der Waals surface area contributed by atoms with Crippen LogP contribution in [0.15, 0.2) is 40.6 Å². The van der Waals surface area contributed by atoms with Gasteiger partial charge in [-0.1, -0.05) is 28.1 Å². The summed E-state index contributed by atoms with van der Waals surface area (Å²) in [6.07, 6.45) is 2.31. The molecule has 1 aliphatic heterocycles. The molecule has 0 fully saturated rings. The van der Waals surface area contributed by atoms with E-state index in [9.17, 15) is 9.90 Å². The van der Waals surface area contributed by atoms with E-state index in [0.29, 0.717) is 19.4 Å². The SMILES string of the molecule is CCO[C@@H]1OC(C(=O)O)=C[C@H](c2ccc(Br)cc2)[C@@H]1CCCO. The normalized spacial score (nSPS) is 24.0. The monoisotopic (exact) mass is 384 g/mol. The number of rotatable bonds is 7. The van der Waals surface area contributed by atoms with Gasteiger partial charge in [-0.05, 0) is 43.5 Å². The van der Waals surface area contributed by atoms with E-state index < -0.39 is 12.3 Å². The Labute approximate surface area is 144 Å². The maximum Gasteiger partial charge on any atom is 0.370 e. The maximum absolute atomic E-state index is 11.4. The van der Waals surface area contributed by atoms with Gasteiger partial charge in [-0.2, -0.15) is 0 Å². The molecule has 1 aliphatic rings. The summed E-state index contributed by atoms with van der Waals surface area (Å²) < 4.78 is 12.1. The van der Waals surface area contributed by atoms with Crippen LogP contribution in [0.1, 0.15) is 31.2 Å². The van der Waals surface area contributed by atoms with E-state index in [-0.39, 0.29) is 24.2 Å². The van der Waals surface area contributed by atoms with E-state index in [1.165, 1.54) is 0 Å². The second kappa shape index (κ2) is 8.47. The van der Waals surface area contributed by atoms with Crippen molar-refractivity contribution in [2.45, 2.75) is 32.0 Å². The Morgan fingerprint density at radius 3 is 2.61 bits per heavy atom. The highest BCUT2D eigenvalue weighted by molar-refractivity contribution is 9.10. The molecule has 0 saturated carbocycles. The lowest BCUT2D eigenvalue weighted by molar-refractivity contribution is -0.173. The van der Waals surface area contributed by atoms with E-state index >= 15 is 0 Å². The van der Waals surface area contributed by atoms with Crippen LogP contribution in [0.3, 0.4) is 0 Å². The molecule has 1 aromatic carbocycles. The van der Waals surface area contributed by atoms with Gasteiger partial charge in [-0.25, -0.2) is 4.79 Å². The Hall–Kier alpha value is -1.37. The van der Waals surface area contributed by atoms with Crippen molar-refractivity contribution in [3.63, 3.8) is 0 Å². The highest BCUT2D eigenvalue weighted by atomic mass is 79.9. The highest BCUT2D eigenvalue weighted by Crippen LogP contribution is 2.39. The number of hydrogen-bond acceptors (Lipinski definition) is 4. The van der Waals surface area contributed by atoms with Gasteiger partial charge in [0.05, 0.1) is 0 Å². The molecular weight excluding hydrogens is 364 g/mol. The van der Waals surface area contributed by atoms with Gasteiger partial charge in [0.25, 0.3) is 0 Å². The molecule has 2 N–H and O–H groups in total. The molecule has 126 valence electrons. The summed E-state index contributed by atoms with van der Waals surface area (Å²) >= 11 is 3.41. The van der Waals surface area contributed by atoms with Gasteiger partial charge in [0, 0.05) is 29.5 Å². The molecule has 0 aromatic heterocycles. The molecule has 2 rings (SSSR count). The number of allylic oxidation sites excluding steroid dienone is 1. The van der Waals surface area contributed by atoms with Crippen LogP contribution in [0.4, 0.5) is 0 Å². The quantitative estimate of drug-likeness (QED) is 0.754. The van der Waals surface area contributed by atoms with Crippen molar-refractivity contribution in [1.82, 2.24) is 0 Å². The Kier molecular flexibility index (Phi) is 6.62. The largest absolute Gasteiger partial charge is 0.475 e. The van der Waals surface area contributed by atoms with Crippen LogP contribution in [0.25, 0.3) is 0 Å². The Bertz CT molecular complexity index is 555. The molecular formula is C17H21BrO5. The first-order valence-electron chi connectivity index (χ1n) is 7.66. The third kappa shape index (κ3) is 4.56. The lowest BCUT2D eigenvalue weighted by Gasteiger charge is -2.36. The average Bonchev–Trinajstić information content (AvgIpc) is 2.54. The van der Waals surface area contributed by atoms with Gasteiger partial charge < -0.3 is 19.7 Å². The molecule has 23 heavy (non-hydrogen) atoms.